The number of benzene rings is 2. The lowest BCUT2D eigenvalue weighted by Crippen LogP contribution is -1.97. The van der Waals surface area contributed by atoms with Crippen molar-refractivity contribution in [1.82, 2.24) is 0 Å². The topological polar surface area (TPSA) is 46.5 Å². The zero-order valence-electron chi connectivity index (χ0n) is 13.2. The molecular weight excluding hydrogens is 312 g/mol. The number of phenols is 1. The highest BCUT2D eigenvalue weighted by Gasteiger charge is 2.07. The molecule has 0 aromatic heterocycles. The van der Waals surface area contributed by atoms with E-state index in [1.165, 1.54) is 12.1 Å². The van der Waals surface area contributed by atoms with E-state index < -0.39 is 0 Å². The van der Waals surface area contributed by atoms with Crippen LogP contribution in [-0.4, -0.2) is 23.9 Å². The third kappa shape index (κ3) is 4.36. The van der Waals surface area contributed by atoms with E-state index in [4.69, 9.17) is 16.3 Å². The minimum absolute atomic E-state index is 0.116. The second-order valence-corrected chi connectivity index (χ2v) is 5.59. The van der Waals surface area contributed by atoms with E-state index in [1.807, 2.05) is 25.1 Å². The average Bonchev–Trinajstić information content (AvgIpc) is 2.55. The third-order valence-corrected chi connectivity index (χ3v) is 3.76. The fourth-order valence-corrected chi connectivity index (χ4v) is 2.52. The molecule has 0 saturated heterocycles. The van der Waals surface area contributed by atoms with E-state index in [0.29, 0.717) is 23.4 Å². The number of halogens is 1. The molecule has 0 heterocycles. The normalized spacial score (nSPS) is 10.9. The first kappa shape index (κ1) is 17.1. The molecule has 0 aliphatic rings. The molecule has 0 saturated carbocycles. The van der Waals surface area contributed by atoms with Gasteiger partial charge in [0.15, 0.2) is 5.78 Å². The van der Waals surface area contributed by atoms with Crippen LogP contribution in [-0.2, 0) is 6.42 Å². The van der Waals surface area contributed by atoms with Gasteiger partial charge < -0.3 is 9.84 Å². The number of methoxy groups -OCH3 is 1. The van der Waals surface area contributed by atoms with E-state index in [1.54, 1.807) is 25.3 Å². The van der Waals surface area contributed by atoms with E-state index in [-0.39, 0.29) is 11.5 Å². The van der Waals surface area contributed by atoms with E-state index in [0.717, 1.165) is 16.9 Å². The lowest BCUT2D eigenvalue weighted by molar-refractivity contribution is 0.104. The Kier molecular flexibility index (Phi) is 5.83. The van der Waals surface area contributed by atoms with Gasteiger partial charge in [-0.3, -0.25) is 4.79 Å². The van der Waals surface area contributed by atoms with Gasteiger partial charge in [0.05, 0.1) is 7.11 Å². The first-order chi connectivity index (χ1) is 11.0. The van der Waals surface area contributed by atoms with Crippen LogP contribution in [0.2, 0.25) is 0 Å². The minimum atomic E-state index is -0.116. The molecule has 0 bridgehead atoms. The summed E-state index contributed by atoms with van der Waals surface area (Å²) >= 11 is 5.70. The molecule has 0 aliphatic heterocycles. The molecule has 0 amide bonds. The zero-order chi connectivity index (χ0) is 16.8. The zero-order valence-corrected chi connectivity index (χ0v) is 13.9. The van der Waals surface area contributed by atoms with Crippen molar-refractivity contribution in [3.8, 4) is 11.5 Å². The molecule has 0 radical (unpaired) electrons. The SMILES string of the molecule is COc1ccc(C=CC(=O)c2ccc(O)c(CCCl)c2)cc1C. The second kappa shape index (κ2) is 7.84. The molecule has 0 aliphatic carbocycles. The Labute approximate surface area is 141 Å². The second-order valence-electron chi connectivity index (χ2n) is 5.21. The Morgan fingerprint density at radius 3 is 2.70 bits per heavy atom. The van der Waals surface area contributed by atoms with Crippen LogP contribution in [0.3, 0.4) is 0 Å². The van der Waals surface area contributed by atoms with Gasteiger partial charge in [0.2, 0.25) is 0 Å². The smallest absolute Gasteiger partial charge is 0.185 e. The first-order valence-electron chi connectivity index (χ1n) is 7.30. The molecule has 3 nitrogen and oxygen atoms in total. The molecule has 2 aromatic carbocycles. The number of ketones is 1. The number of carbonyl (C=O) groups is 1. The molecular formula is C19H19ClO3. The first-order valence-corrected chi connectivity index (χ1v) is 7.83. The lowest BCUT2D eigenvalue weighted by Gasteiger charge is -2.05. The predicted molar refractivity (Wildman–Crippen MR) is 93.6 cm³/mol. The number of hydrogen-bond acceptors (Lipinski definition) is 3. The number of rotatable bonds is 6. The van der Waals surface area contributed by atoms with Crippen molar-refractivity contribution in [3.05, 3.63) is 64.7 Å². The summed E-state index contributed by atoms with van der Waals surface area (Å²) in [6.07, 6.45) is 3.82. The molecule has 1 N–H and O–H groups in total. The molecule has 0 fully saturated rings. The maximum absolute atomic E-state index is 12.3. The van der Waals surface area contributed by atoms with Crippen LogP contribution in [0.5, 0.6) is 11.5 Å². The average molecular weight is 331 g/mol. The van der Waals surface area contributed by atoms with Gasteiger partial charge in [-0.25, -0.2) is 0 Å². The summed E-state index contributed by atoms with van der Waals surface area (Å²) in [6, 6.07) is 10.5. The quantitative estimate of drug-likeness (QED) is 0.485. The van der Waals surface area contributed by atoms with Gasteiger partial charge in [0.1, 0.15) is 11.5 Å². The molecule has 0 atom stereocenters. The largest absolute Gasteiger partial charge is 0.508 e. The van der Waals surface area contributed by atoms with Crippen LogP contribution in [0.25, 0.3) is 6.08 Å². The summed E-state index contributed by atoms with van der Waals surface area (Å²) in [7, 11) is 1.63. The van der Waals surface area contributed by atoms with Crippen LogP contribution in [0, 0.1) is 6.92 Å². The number of alkyl halides is 1. The summed E-state index contributed by atoms with van der Waals surface area (Å²) in [5, 5.41) is 9.74. The monoisotopic (exact) mass is 330 g/mol. The molecule has 4 heteroatoms. The Hall–Kier alpha value is -2.26. The van der Waals surface area contributed by atoms with Crippen LogP contribution < -0.4 is 4.74 Å². The fraction of sp³-hybridized carbons (Fsp3) is 0.211. The highest BCUT2D eigenvalue weighted by Crippen LogP contribution is 2.21. The van der Waals surface area contributed by atoms with Gasteiger partial charge >= 0.3 is 0 Å². The molecule has 23 heavy (non-hydrogen) atoms. The van der Waals surface area contributed by atoms with Crippen LogP contribution in [0.15, 0.2) is 42.5 Å². The van der Waals surface area contributed by atoms with Gasteiger partial charge in [-0.2, -0.15) is 0 Å². The maximum atomic E-state index is 12.3. The third-order valence-electron chi connectivity index (χ3n) is 3.57. The van der Waals surface area contributed by atoms with E-state index >= 15 is 0 Å². The summed E-state index contributed by atoms with van der Waals surface area (Å²) in [4.78, 5) is 12.3. The number of hydrogen-bond donors (Lipinski definition) is 1. The Morgan fingerprint density at radius 2 is 2.04 bits per heavy atom. The highest BCUT2D eigenvalue weighted by molar-refractivity contribution is 6.18. The highest BCUT2D eigenvalue weighted by atomic mass is 35.5. The number of phenolic OH excluding ortho intramolecular Hbond substituents is 1. The Morgan fingerprint density at radius 1 is 1.26 bits per heavy atom. The molecule has 0 spiro atoms. The van der Waals surface area contributed by atoms with Gasteiger partial charge in [0.25, 0.3) is 0 Å². The van der Waals surface area contributed by atoms with Gasteiger partial charge in [-0.1, -0.05) is 12.1 Å². The van der Waals surface area contributed by atoms with Crippen molar-refractivity contribution in [2.24, 2.45) is 0 Å². The van der Waals surface area contributed by atoms with Crippen molar-refractivity contribution < 1.29 is 14.6 Å². The number of aromatic hydroxyl groups is 1. The molecule has 0 unspecified atom stereocenters. The molecule has 120 valence electrons. The van der Waals surface area contributed by atoms with Crippen molar-refractivity contribution in [3.63, 3.8) is 0 Å². The van der Waals surface area contributed by atoms with Gasteiger partial charge in [-0.05, 0) is 66.4 Å². The van der Waals surface area contributed by atoms with E-state index in [2.05, 4.69) is 0 Å². The summed E-state index contributed by atoms with van der Waals surface area (Å²) in [6.45, 7) is 1.95. The number of aryl methyl sites for hydroxylation is 2. The van der Waals surface area contributed by atoms with Crippen molar-refractivity contribution >= 4 is 23.5 Å². The van der Waals surface area contributed by atoms with Crippen LogP contribution >= 0.6 is 11.6 Å². The predicted octanol–water partition coefficient (Wildman–Crippen LogP) is 4.39. The molecule has 2 aromatic rings. The van der Waals surface area contributed by atoms with Gasteiger partial charge in [-0.15, -0.1) is 11.6 Å². The van der Waals surface area contributed by atoms with Crippen LogP contribution in [0.4, 0.5) is 0 Å². The van der Waals surface area contributed by atoms with Crippen molar-refractivity contribution in [2.75, 3.05) is 13.0 Å². The number of ether oxygens (including phenoxy) is 1. The summed E-state index contributed by atoms with van der Waals surface area (Å²) < 4.78 is 5.22. The Bertz CT molecular complexity index is 735. The summed E-state index contributed by atoms with van der Waals surface area (Å²) in [5.74, 6) is 1.26. The van der Waals surface area contributed by atoms with E-state index in [9.17, 15) is 9.90 Å². The number of carbonyl (C=O) groups excluding carboxylic acids is 1. The lowest BCUT2D eigenvalue weighted by atomic mass is 10.0. The fourth-order valence-electron chi connectivity index (χ4n) is 2.31. The van der Waals surface area contributed by atoms with Crippen molar-refractivity contribution in [2.45, 2.75) is 13.3 Å². The Balaban J connectivity index is 2.18. The summed E-state index contributed by atoms with van der Waals surface area (Å²) in [5.41, 5.74) is 3.15. The minimum Gasteiger partial charge on any atom is -0.508 e. The number of allylic oxidation sites excluding steroid dienone is 1. The maximum Gasteiger partial charge on any atom is 0.185 e. The standard InChI is InChI=1S/C19H19ClO3/c1-13-11-14(4-8-19(13)23-2)3-6-17(21)15-5-7-18(22)16(12-15)9-10-20/h3-8,11-12,22H,9-10H2,1-2H3. The van der Waals surface area contributed by atoms with Gasteiger partial charge in [0, 0.05) is 11.4 Å². The molecule has 2 rings (SSSR count). The van der Waals surface area contributed by atoms with Crippen LogP contribution in [0.1, 0.15) is 27.0 Å². The van der Waals surface area contributed by atoms with Crippen molar-refractivity contribution in [1.29, 1.82) is 0 Å².